The molecule has 1 aliphatic heterocycles. The molecule has 7 heteroatoms. The summed E-state index contributed by atoms with van der Waals surface area (Å²) in [6.07, 6.45) is 1.84. The number of benzene rings is 1. The molecule has 1 aromatic carbocycles. The molecule has 3 aromatic rings. The summed E-state index contributed by atoms with van der Waals surface area (Å²) in [5.41, 5.74) is 4.34. The van der Waals surface area contributed by atoms with E-state index >= 15 is 0 Å². The van der Waals surface area contributed by atoms with Crippen molar-refractivity contribution in [2.45, 2.75) is 13.8 Å². The van der Waals surface area contributed by atoms with Gasteiger partial charge in [-0.05, 0) is 44.2 Å². The number of hydrogen-bond acceptors (Lipinski definition) is 4. The van der Waals surface area contributed by atoms with Gasteiger partial charge in [0.1, 0.15) is 12.3 Å². The molecule has 0 bridgehead atoms. The molecule has 1 N–H and O–H groups in total. The molecule has 4 rings (SSSR count). The number of rotatable bonds is 3. The Morgan fingerprint density at radius 3 is 2.85 bits per heavy atom. The Kier molecular flexibility index (Phi) is 4.12. The SMILES string of the molecule is Cc1cc(C)n2ccc(C(=O)Nc3ccc(C4=NCCO4)cc3Cl)c2n1. The van der Waals surface area contributed by atoms with Crippen LogP contribution in [-0.2, 0) is 4.74 Å². The Bertz CT molecular complexity index is 1060. The number of amides is 1. The first kappa shape index (κ1) is 16.6. The number of carbonyl (C=O) groups is 1. The normalized spacial score (nSPS) is 13.6. The monoisotopic (exact) mass is 368 g/mol. The number of aryl methyl sites for hydroxylation is 2. The summed E-state index contributed by atoms with van der Waals surface area (Å²) in [6, 6.07) is 9.05. The Morgan fingerprint density at radius 1 is 1.27 bits per heavy atom. The lowest BCUT2D eigenvalue weighted by molar-refractivity contribution is 0.102. The highest BCUT2D eigenvalue weighted by Crippen LogP contribution is 2.25. The second-order valence-corrected chi connectivity index (χ2v) is 6.55. The number of fused-ring (bicyclic) bond motifs is 1. The number of ether oxygens (including phenoxy) is 1. The maximum atomic E-state index is 12.7. The fourth-order valence-electron chi connectivity index (χ4n) is 3.02. The zero-order valence-corrected chi connectivity index (χ0v) is 15.2. The number of hydrogen-bond donors (Lipinski definition) is 1. The van der Waals surface area contributed by atoms with Gasteiger partial charge in [0.05, 0.1) is 22.8 Å². The Balaban J connectivity index is 1.62. The van der Waals surface area contributed by atoms with Gasteiger partial charge in [0.2, 0.25) is 5.90 Å². The van der Waals surface area contributed by atoms with Crippen LogP contribution < -0.4 is 5.32 Å². The standard InChI is InChI=1S/C19H17ClN4O2/c1-11-9-12(2)24-7-5-14(17(24)22-11)18(25)23-16-4-3-13(10-15(16)20)19-21-6-8-26-19/h3-5,7,9-10H,6,8H2,1-2H3,(H,23,25). The number of aromatic nitrogens is 2. The van der Waals surface area contributed by atoms with Gasteiger partial charge in [0, 0.05) is 23.1 Å². The van der Waals surface area contributed by atoms with E-state index < -0.39 is 0 Å². The van der Waals surface area contributed by atoms with Gasteiger partial charge in [-0.15, -0.1) is 0 Å². The lowest BCUT2D eigenvalue weighted by Crippen LogP contribution is -2.13. The van der Waals surface area contributed by atoms with Gasteiger partial charge >= 0.3 is 0 Å². The maximum absolute atomic E-state index is 12.7. The van der Waals surface area contributed by atoms with Crippen molar-refractivity contribution in [2.24, 2.45) is 4.99 Å². The fraction of sp³-hybridized carbons (Fsp3) is 0.211. The minimum Gasteiger partial charge on any atom is -0.476 e. The van der Waals surface area contributed by atoms with Gasteiger partial charge in [-0.25, -0.2) is 9.98 Å². The molecule has 0 atom stereocenters. The largest absolute Gasteiger partial charge is 0.476 e. The van der Waals surface area contributed by atoms with Gasteiger partial charge in [0.25, 0.3) is 5.91 Å². The highest BCUT2D eigenvalue weighted by molar-refractivity contribution is 6.34. The molecule has 3 heterocycles. The molecule has 0 unspecified atom stereocenters. The van der Waals surface area contributed by atoms with Gasteiger partial charge < -0.3 is 14.5 Å². The molecule has 0 fully saturated rings. The summed E-state index contributed by atoms with van der Waals surface area (Å²) >= 11 is 6.34. The van der Waals surface area contributed by atoms with Crippen molar-refractivity contribution in [1.29, 1.82) is 0 Å². The van der Waals surface area contributed by atoms with Crippen LogP contribution in [-0.4, -0.2) is 34.3 Å². The van der Waals surface area contributed by atoms with E-state index in [-0.39, 0.29) is 5.91 Å². The zero-order chi connectivity index (χ0) is 18.3. The van der Waals surface area contributed by atoms with Gasteiger partial charge in [0.15, 0.2) is 0 Å². The maximum Gasteiger partial charge on any atom is 0.259 e. The molecule has 0 saturated heterocycles. The third-order valence-electron chi connectivity index (χ3n) is 4.23. The fourth-order valence-corrected chi connectivity index (χ4v) is 3.25. The predicted molar refractivity (Wildman–Crippen MR) is 101 cm³/mol. The summed E-state index contributed by atoms with van der Waals surface area (Å²) in [5.74, 6) is 0.326. The molecular formula is C19H17ClN4O2. The zero-order valence-electron chi connectivity index (χ0n) is 14.4. The predicted octanol–water partition coefficient (Wildman–Crippen LogP) is 3.63. The third kappa shape index (κ3) is 2.93. The first-order chi connectivity index (χ1) is 12.5. The van der Waals surface area contributed by atoms with Crippen molar-refractivity contribution in [3.05, 3.63) is 64.1 Å². The molecule has 6 nitrogen and oxygen atoms in total. The van der Waals surface area contributed by atoms with Crippen LogP contribution in [0.15, 0.2) is 41.5 Å². The van der Waals surface area contributed by atoms with Crippen LogP contribution >= 0.6 is 11.6 Å². The molecule has 2 aromatic heterocycles. The quantitative estimate of drug-likeness (QED) is 0.767. The number of halogens is 1. The molecule has 0 radical (unpaired) electrons. The van der Waals surface area contributed by atoms with E-state index in [2.05, 4.69) is 15.3 Å². The summed E-state index contributed by atoms with van der Waals surface area (Å²) in [5, 5.41) is 3.29. The molecule has 1 amide bonds. The highest BCUT2D eigenvalue weighted by Gasteiger charge is 2.17. The third-order valence-corrected chi connectivity index (χ3v) is 4.55. The van der Waals surface area contributed by atoms with Crippen LogP contribution in [0.5, 0.6) is 0 Å². The summed E-state index contributed by atoms with van der Waals surface area (Å²) in [7, 11) is 0. The van der Waals surface area contributed by atoms with Crippen LogP contribution in [0.4, 0.5) is 5.69 Å². The van der Waals surface area contributed by atoms with Crippen LogP contribution in [0.2, 0.25) is 5.02 Å². The van der Waals surface area contributed by atoms with Crippen molar-refractivity contribution in [1.82, 2.24) is 9.38 Å². The first-order valence-electron chi connectivity index (χ1n) is 8.27. The second kappa shape index (κ2) is 6.46. The minimum atomic E-state index is -0.255. The molecule has 1 aliphatic rings. The van der Waals surface area contributed by atoms with E-state index in [9.17, 15) is 4.79 Å². The Labute approximate surface area is 155 Å². The van der Waals surface area contributed by atoms with Crippen LogP contribution in [0, 0.1) is 13.8 Å². The van der Waals surface area contributed by atoms with Crippen molar-refractivity contribution < 1.29 is 9.53 Å². The summed E-state index contributed by atoms with van der Waals surface area (Å²) in [6.45, 7) is 5.12. The topological polar surface area (TPSA) is 68.0 Å². The number of carbonyl (C=O) groups excluding carboxylic acids is 1. The number of nitrogens with zero attached hydrogens (tertiary/aromatic N) is 3. The van der Waals surface area contributed by atoms with E-state index in [4.69, 9.17) is 16.3 Å². The Hall–Kier alpha value is -2.86. The van der Waals surface area contributed by atoms with Crippen LogP contribution in [0.1, 0.15) is 27.3 Å². The van der Waals surface area contributed by atoms with Gasteiger partial charge in [-0.3, -0.25) is 4.79 Å². The van der Waals surface area contributed by atoms with Gasteiger partial charge in [-0.1, -0.05) is 11.6 Å². The average molecular weight is 369 g/mol. The van der Waals surface area contributed by atoms with E-state index in [1.54, 1.807) is 18.2 Å². The number of anilines is 1. The van der Waals surface area contributed by atoms with Crippen molar-refractivity contribution in [3.63, 3.8) is 0 Å². The molecule has 0 aliphatic carbocycles. The molecule has 132 valence electrons. The molecule has 0 saturated carbocycles. The average Bonchev–Trinajstić information content (AvgIpc) is 3.26. The van der Waals surface area contributed by atoms with E-state index in [0.29, 0.717) is 41.0 Å². The van der Waals surface area contributed by atoms with E-state index in [0.717, 1.165) is 17.0 Å². The van der Waals surface area contributed by atoms with Crippen LogP contribution in [0.3, 0.4) is 0 Å². The summed E-state index contributed by atoms with van der Waals surface area (Å²) < 4.78 is 7.33. The minimum absolute atomic E-state index is 0.255. The van der Waals surface area contributed by atoms with E-state index in [1.165, 1.54) is 0 Å². The Morgan fingerprint density at radius 2 is 2.12 bits per heavy atom. The first-order valence-corrected chi connectivity index (χ1v) is 8.64. The van der Waals surface area contributed by atoms with Crippen molar-refractivity contribution in [3.8, 4) is 0 Å². The second-order valence-electron chi connectivity index (χ2n) is 6.15. The van der Waals surface area contributed by atoms with Crippen molar-refractivity contribution in [2.75, 3.05) is 18.5 Å². The van der Waals surface area contributed by atoms with Crippen molar-refractivity contribution >= 4 is 34.7 Å². The summed E-state index contributed by atoms with van der Waals surface area (Å²) in [4.78, 5) is 21.5. The van der Waals surface area contributed by atoms with Crippen LogP contribution in [0.25, 0.3) is 5.65 Å². The highest BCUT2D eigenvalue weighted by atomic mass is 35.5. The van der Waals surface area contributed by atoms with Gasteiger partial charge in [-0.2, -0.15) is 0 Å². The molecular weight excluding hydrogens is 352 g/mol. The number of aliphatic imine (C=N–C) groups is 1. The van der Waals surface area contributed by atoms with E-state index in [1.807, 2.05) is 36.6 Å². The lowest BCUT2D eigenvalue weighted by atomic mass is 10.2. The number of nitrogens with one attached hydrogen (secondary N) is 1. The molecule has 26 heavy (non-hydrogen) atoms. The lowest BCUT2D eigenvalue weighted by Gasteiger charge is -2.09. The smallest absolute Gasteiger partial charge is 0.259 e. The molecule has 0 spiro atoms.